The number of nitrogens with one attached hydrogen (secondary N) is 1. The van der Waals surface area contributed by atoms with Gasteiger partial charge in [0.1, 0.15) is 5.60 Å². The van der Waals surface area contributed by atoms with Crippen LogP contribution in [-0.4, -0.2) is 44.1 Å². The lowest BCUT2D eigenvalue weighted by molar-refractivity contribution is 0.0203. The monoisotopic (exact) mass is 415 g/mol. The van der Waals surface area contributed by atoms with Gasteiger partial charge in [0, 0.05) is 29.9 Å². The van der Waals surface area contributed by atoms with Crippen LogP contribution in [-0.2, 0) is 14.8 Å². The Balaban J connectivity index is 1.73. The first-order valence-corrected chi connectivity index (χ1v) is 11.0. The molecule has 1 N–H and O–H groups in total. The van der Waals surface area contributed by atoms with Crippen LogP contribution in [0.2, 0.25) is 0 Å². The number of hydrogen-bond donors (Lipinski definition) is 1. The van der Waals surface area contributed by atoms with E-state index in [9.17, 15) is 18.5 Å². The number of likely N-dealkylation sites (tertiary alicyclic amines) is 1. The molecule has 1 fully saturated rings. The molecule has 1 aliphatic rings. The third kappa shape index (κ3) is 4.86. The lowest BCUT2D eigenvalue weighted by Gasteiger charge is -2.33. The first kappa shape index (κ1) is 21.1. The molecule has 154 valence electrons. The molecule has 1 heterocycles. The van der Waals surface area contributed by atoms with Crippen molar-refractivity contribution in [2.75, 3.05) is 13.1 Å². The van der Waals surface area contributed by atoms with Crippen molar-refractivity contribution in [3.8, 4) is 6.07 Å². The minimum Gasteiger partial charge on any atom is -0.444 e. The van der Waals surface area contributed by atoms with E-state index in [0.29, 0.717) is 42.3 Å². The largest absolute Gasteiger partial charge is 0.444 e. The molecule has 1 saturated heterocycles. The summed E-state index contributed by atoms with van der Waals surface area (Å²) in [5, 5.41) is 10.4. The van der Waals surface area contributed by atoms with E-state index in [1.807, 2.05) is 20.8 Å². The molecule has 0 spiro atoms. The van der Waals surface area contributed by atoms with Crippen LogP contribution in [0.25, 0.3) is 10.8 Å². The lowest BCUT2D eigenvalue weighted by atomic mass is 10.1. The van der Waals surface area contributed by atoms with Crippen LogP contribution in [0.1, 0.15) is 39.2 Å². The maximum atomic E-state index is 13.0. The first-order chi connectivity index (χ1) is 13.6. The molecule has 0 atom stereocenters. The Labute approximate surface area is 171 Å². The van der Waals surface area contributed by atoms with Gasteiger partial charge in [0.15, 0.2) is 0 Å². The molecule has 0 bridgehead atoms. The number of benzene rings is 2. The zero-order valence-corrected chi connectivity index (χ0v) is 17.6. The number of nitrogens with zero attached hydrogens (tertiary/aromatic N) is 2. The Kier molecular flexibility index (Phi) is 5.82. The van der Waals surface area contributed by atoms with Crippen molar-refractivity contribution in [3.05, 3.63) is 42.0 Å². The predicted octanol–water partition coefficient (Wildman–Crippen LogP) is 3.39. The average molecular weight is 416 g/mol. The Morgan fingerprint density at radius 2 is 1.76 bits per heavy atom. The van der Waals surface area contributed by atoms with E-state index < -0.39 is 15.6 Å². The Morgan fingerprint density at radius 3 is 2.34 bits per heavy atom. The minimum atomic E-state index is -3.77. The second kappa shape index (κ2) is 8.01. The van der Waals surface area contributed by atoms with Gasteiger partial charge >= 0.3 is 6.09 Å². The van der Waals surface area contributed by atoms with Crippen LogP contribution < -0.4 is 4.72 Å². The predicted molar refractivity (Wildman–Crippen MR) is 110 cm³/mol. The van der Waals surface area contributed by atoms with Gasteiger partial charge in [-0.1, -0.05) is 24.3 Å². The molecule has 0 radical (unpaired) electrons. The van der Waals surface area contributed by atoms with E-state index in [2.05, 4.69) is 10.8 Å². The van der Waals surface area contributed by atoms with Gasteiger partial charge < -0.3 is 9.64 Å². The maximum Gasteiger partial charge on any atom is 0.410 e. The second-order valence-corrected chi connectivity index (χ2v) is 9.81. The summed E-state index contributed by atoms with van der Waals surface area (Å²) in [7, 11) is -3.77. The molecule has 8 heteroatoms. The number of carbonyl (C=O) groups is 1. The highest BCUT2D eigenvalue weighted by Crippen LogP contribution is 2.27. The van der Waals surface area contributed by atoms with Gasteiger partial charge in [0.25, 0.3) is 0 Å². The van der Waals surface area contributed by atoms with Crippen molar-refractivity contribution in [2.24, 2.45) is 0 Å². The van der Waals surface area contributed by atoms with Crippen molar-refractivity contribution in [1.29, 1.82) is 5.26 Å². The topological polar surface area (TPSA) is 99.5 Å². The van der Waals surface area contributed by atoms with Crippen LogP contribution >= 0.6 is 0 Å². The summed E-state index contributed by atoms with van der Waals surface area (Å²) in [5.74, 6) is 0. The molecular formula is C21H25N3O4S. The Morgan fingerprint density at radius 1 is 1.14 bits per heavy atom. The molecule has 2 aromatic carbocycles. The summed E-state index contributed by atoms with van der Waals surface area (Å²) in [6.45, 7) is 6.29. The molecule has 7 nitrogen and oxygen atoms in total. The van der Waals surface area contributed by atoms with Gasteiger partial charge in [-0.15, -0.1) is 0 Å². The van der Waals surface area contributed by atoms with Crippen molar-refractivity contribution in [1.82, 2.24) is 9.62 Å². The number of ether oxygens (including phenoxy) is 1. The first-order valence-electron chi connectivity index (χ1n) is 9.53. The van der Waals surface area contributed by atoms with Gasteiger partial charge in [0.2, 0.25) is 10.0 Å². The van der Waals surface area contributed by atoms with Crippen LogP contribution in [0.15, 0.2) is 41.3 Å². The molecule has 1 amide bonds. The highest BCUT2D eigenvalue weighted by molar-refractivity contribution is 7.89. The molecule has 1 aliphatic heterocycles. The summed E-state index contributed by atoms with van der Waals surface area (Å²) < 4.78 is 34.2. The summed E-state index contributed by atoms with van der Waals surface area (Å²) in [6, 6.07) is 11.8. The quantitative estimate of drug-likeness (QED) is 0.828. The zero-order chi connectivity index (χ0) is 21.2. The van der Waals surface area contributed by atoms with Crippen LogP contribution in [0, 0.1) is 11.3 Å². The van der Waals surface area contributed by atoms with Crippen molar-refractivity contribution in [3.63, 3.8) is 0 Å². The fourth-order valence-electron chi connectivity index (χ4n) is 3.39. The molecular weight excluding hydrogens is 390 g/mol. The molecule has 0 saturated carbocycles. The summed E-state index contributed by atoms with van der Waals surface area (Å²) in [4.78, 5) is 13.9. The van der Waals surface area contributed by atoms with Crippen LogP contribution in [0.3, 0.4) is 0 Å². The molecule has 29 heavy (non-hydrogen) atoms. The standard InChI is InChI=1S/C21H25N3O4S/c1-21(2,3)28-20(25)24-12-10-16(11-13-24)23-29(26,27)19-9-8-15(14-22)17-6-4-5-7-18(17)19/h4-9,16,23H,10-13H2,1-3H3. The van der Waals surface area contributed by atoms with E-state index in [1.54, 1.807) is 29.2 Å². The third-order valence-electron chi connectivity index (χ3n) is 4.76. The van der Waals surface area contributed by atoms with Crippen LogP contribution in [0.4, 0.5) is 4.79 Å². The maximum absolute atomic E-state index is 13.0. The molecule has 2 aromatic rings. The lowest BCUT2D eigenvalue weighted by Crippen LogP contribution is -2.47. The van der Waals surface area contributed by atoms with Crippen molar-refractivity contribution < 1.29 is 17.9 Å². The highest BCUT2D eigenvalue weighted by Gasteiger charge is 2.29. The Hall–Kier alpha value is -2.63. The van der Waals surface area contributed by atoms with Gasteiger partial charge in [0.05, 0.1) is 16.5 Å². The number of sulfonamides is 1. The number of hydrogen-bond acceptors (Lipinski definition) is 5. The number of carbonyl (C=O) groups excluding carboxylic acids is 1. The smallest absolute Gasteiger partial charge is 0.410 e. The van der Waals surface area contributed by atoms with E-state index in [0.717, 1.165) is 0 Å². The van der Waals surface area contributed by atoms with Gasteiger partial charge in [-0.2, -0.15) is 5.26 Å². The van der Waals surface area contributed by atoms with E-state index >= 15 is 0 Å². The third-order valence-corrected chi connectivity index (χ3v) is 6.34. The molecule has 0 aliphatic carbocycles. The Bertz CT molecular complexity index is 1060. The summed E-state index contributed by atoms with van der Waals surface area (Å²) in [6.07, 6.45) is 0.635. The van der Waals surface area contributed by atoms with E-state index in [1.165, 1.54) is 12.1 Å². The summed E-state index contributed by atoms with van der Waals surface area (Å²) in [5.41, 5.74) is -0.128. The van der Waals surface area contributed by atoms with Crippen molar-refractivity contribution >= 4 is 26.9 Å². The SMILES string of the molecule is CC(C)(C)OC(=O)N1CCC(NS(=O)(=O)c2ccc(C#N)c3ccccc23)CC1. The van der Waals surface area contributed by atoms with Gasteiger partial charge in [-0.05, 0) is 45.7 Å². The normalized spacial score (nSPS) is 15.9. The fraction of sp³-hybridized carbons (Fsp3) is 0.429. The summed E-state index contributed by atoms with van der Waals surface area (Å²) >= 11 is 0. The highest BCUT2D eigenvalue weighted by atomic mass is 32.2. The number of fused-ring (bicyclic) bond motifs is 1. The fourth-order valence-corrected chi connectivity index (χ4v) is 4.91. The van der Waals surface area contributed by atoms with E-state index in [4.69, 9.17) is 4.74 Å². The number of nitriles is 1. The molecule has 3 rings (SSSR count). The second-order valence-electron chi connectivity index (χ2n) is 8.13. The molecule has 0 aromatic heterocycles. The minimum absolute atomic E-state index is 0.154. The average Bonchev–Trinajstić information content (AvgIpc) is 2.66. The van der Waals surface area contributed by atoms with Gasteiger partial charge in [-0.25, -0.2) is 17.9 Å². The van der Waals surface area contributed by atoms with E-state index in [-0.39, 0.29) is 17.0 Å². The molecule has 0 unspecified atom stereocenters. The number of rotatable bonds is 3. The van der Waals surface area contributed by atoms with Crippen molar-refractivity contribution in [2.45, 2.75) is 50.2 Å². The zero-order valence-electron chi connectivity index (χ0n) is 16.8. The number of amides is 1. The number of piperidine rings is 1. The van der Waals surface area contributed by atoms with Crippen LogP contribution in [0.5, 0.6) is 0 Å². The van der Waals surface area contributed by atoms with Gasteiger partial charge in [-0.3, -0.25) is 0 Å².